The first-order valence-electron chi connectivity index (χ1n) is 9.54. The van der Waals surface area contributed by atoms with Gasteiger partial charge in [-0.2, -0.15) is 4.98 Å². The Labute approximate surface area is 172 Å². The van der Waals surface area contributed by atoms with E-state index in [9.17, 15) is 9.90 Å². The van der Waals surface area contributed by atoms with Crippen LogP contribution in [-0.4, -0.2) is 87.4 Å². The zero-order chi connectivity index (χ0) is 21.6. The summed E-state index contributed by atoms with van der Waals surface area (Å²) in [6.45, 7) is 3.37. The third-order valence-corrected chi connectivity index (χ3v) is 4.90. The molecule has 0 spiro atoms. The minimum atomic E-state index is -0.819. The third kappa shape index (κ3) is 3.50. The van der Waals surface area contributed by atoms with Crippen molar-refractivity contribution in [1.82, 2.24) is 24.0 Å². The zero-order valence-corrected chi connectivity index (χ0v) is 17.6. The van der Waals surface area contributed by atoms with E-state index in [1.807, 2.05) is 14.1 Å². The molecule has 2 aromatic rings. The Bertz CT molecular complexity index is 1010. The Morgan fingerprint density at radius 2 is 2.10 bits per heavy atom. The number of methoxy groups -OCH3 is 1. The molecule has 2 aliphatic heterocycles. The van der Waals surface area contributed by atoms with Crippen molar-refractivity contribution < 1.29 is 24.1 Å². The molecule has 2 saturated heterocycles. The normalized spacial score (nSPS) is 27.9. The Kier molecular flexibility index (Phi) is 5.36. The number of ether oxygens (including phenoxy) is 4. The highest BCUT2D eigenvalue weighted by molar-refractivity contribution is 5.71. The van der Waals surface area contributed by atoms with Crippen molar-refractivity contribution >= 4 is 23.5 Å². The first-order chi connectivity index (χ1) is 14.3. The lowest BCUT2D eigenvalue weighted by atomic mass is 10.1. The maximum atomic E-state index is 13.0. The summed E-state index contributed by atoms with van der Waals surface area (Å²) in [5.41, 5.74) is 0.0687. The molecule has 0 amide bonds. The molecule has 0 unspecified atom stereocenters. The minimum absolute atomic E-state index is 0.0168. The van der Waals surface area contributed by atoms with Crippen LogP contribution in [0.2, 0.25) is 0 Å². The van der Waals surface area contributed by atoms with Gasteiger partial charge in [0.25, 0.3) is 5.56 Å². The average molecular weight is 422 g/mol. The fraction of sp³-hybridized carbons (Fsp3) is 0.667. The van der Waals surface area contributed by atoms with E-state index in [0.717, 1.165) is 0 Å². The molecule has 2 aromatic heterocycles. The molecule has 1 N–H and O–H groups in total. The molecule has 30 heavy (non-hydrogen) atoms. The maximum absolute atomic E-state index is 13.0. The van der Waals surface area contributed by atoms with Crippen LogP contribution in [0.1, 0.15) is 20.1 Å². The van der Waals surface area contributed by atoms with Crippen molar-refractivity contribution in [2.24, 2.45) is 4.99 Å². The van der Waals surface area contributed by atoms with Crippen molar-refractivity contribution in [2.45, 2.75) is 50.9 Å². The monoisotopic (exact) mass is 422 g/mol. The highest BCUT2D eigenvalue weighted by Gasteiger charge is 2.56. The molecule has 0 aliphatic carbocycles. The van der Waals surface area contributed by atoms with Gasteiger partial charge >= 0.3 is 0 Å². The summed E-state index contributed by atoms with van der Waals surface area (Å²) in [6, 6.07) is 0. The van der Waals surface area contributed by atoms with E-state index in [4.69, 9.17) is 18.9 Å². The number of rotatable bonds is 6. The number of nitrogens with zero attached hydrogens (tertiary/aromatic N) is 6. The molecule has 12 nitrogen and oxygen atoms in total. The molecule has 0 radical (unpaired) electrons. The molecule has 0 bridgehead atoms. The van der Waals surface area contributed by atoms with E-state index < -0.39 is 30.3 Å². The van der Waals surface area contributed by atoms with Crippen molar-refractivity contribution in [3.8, 4) is 0 Å². The van der Waals surface area contributed by atoms with Crippen LogP contribution in [0.5, 0.6) is 0 Å². The van der Waals surface area contributed by atoms with Gasteiger partial charge in [0.2, 0.25) is 5.95 Å². The first kappa shape index (κ1) is 20.9. The van der Waals surface area contributed by atoms with Gasteiger partial charge in [-0.3, -0.25) is 13.9 Å². The summed E-state index contributed by atoms with van der Waals surface area (Å²) in [7, 11) is 5.10. The van der Waals surface area contributed by atoms with Gasteiger partial charge in [-0.1, -0.05) is 0 Å². The molecule has 2 fully saturated rings. The van der Waals surface area contributed by atoms with Crippen molar-refractivity contribution in [2.75, 3.05) is 27.8 Å². The zero-order valence-electron chi connectivity index (χ0n) is 17.6. The Morgan fingerprint density at radius 1 is 1.37 bits per heavy atom. The Hall–Kier alpha value is -2.38. The van der Waals surface area contributed by atoms with Crippen molar-refractivity contribution in [3.63, 3.8) is 0 Å². The second-order valence-electron chi connectivity index (χ2n) is 7.91. The Balaban J connectivity index is 1.82. The summed E-state index contributed by atoms with van der Waals surface area (Å²) < 4.78 is 26.0. The van der Waals surface area contributed by atoms with Gasteiger partial charge in [-0.05, 0) is 13.8 Å². The summed E-state index contributed by atoms with van der Waals surface area (Å²) in [5.74, 6) is -0.650. The Morgan fingerprint density at radius 3 is 2.77 bits per heavy atom. The lowest BCUT2D eigenvalue weighted by molar-refractivity contribution is -0.199. The largest absolute Gasteiger partial charge is 0.394 e. The van der Waals surface area contributed by atoms with Gasteiger partial charge in [-0.25, -0.2) is 9.98 Å². The van der Waals surface area contributed by atoms with Crippen LogP contribution in [0.25, 0.3) is 11.2 Å². The second-order valence-corrected chi connectivity index (χ2v) is 7.91. The minimum Gasteiger partial charge on any atom is -0.394 e. The molecule has 164 valence electrons. The third-order valence-electron chi connectivity index (χ3n) is 4.90. The molecule has 12 heteroatoms. The molecule has 0 aromatic carbocycles. The quantitative estimate of drug-likeness (QED) is 0.499. The lowest BCUT2D eigenvalue weighted by Gasteiger charge is -2.24. The van der Waals surface area contributed by atoms with Gasteiger partial charge in [0.1, 0.15) is 25.0 Å². The van der Waals surface area contributed by atoms with Gasteiger partial charge in [0, 0.05) is 21.2 Å². The standard InChI is InChI=1S/C18H26N6O6/c1-18(2)29-12-10(6-25)28-16(13(12)30-18)23-8-19-11-14(23)21-17(20-7-22(3)4)24(9-27-5)15(11)26/h7-8,10,12-13,16,25H,6,9H2,1-5H3/b20-7+/t10-,12-,13-,16-/m1/s1. The van der Waals surface area contributed by atoms with Crippen LogP contribution in [-0.2, 0) is 25.7 Å². The summed E-state index contributed by atoms with van der Waals surface area (Å²) in [4.78, 5) is 27.8. The average Bonchev–Trinajstić information content (AvgIpc) is 3.33. The number of aliphatic imine (C=N–C) groups is 1. The fourth-order valence-electron chi connectivity index (χ4n) is 3.72. The van der Waals surface area contributed by atoms with E-state index in [1.165, 1.54) is 18.0 Å². The van der Waals surface area contributed by atoms with Crippen LogP contribution in [0.3, 0.4) is 0 Å². The lowest BCUT2D eigenvalue weighted by Crippen LogP contribution is -2.31. The topological polar surface area (TPSA) is 125 Å². The predicted octanol–water partition coefficient (Wildman–Crippen LogP) is -0.172. The highest BCUT2D eigenvalue weighted by atomic mass is 16.8. The number of imidazole rings is 1. The number of aromatic nitrogens is 4. The van der Waals surface area contributed by atoms with E-state index >= 15 is 0 Å². The highest BCUT2D eigenvalue weighted by Crippen LogP contribution is 2.43. The van der Waals surface area contributed by atoms with Crippen LogP contribution < -0.4 is 5.56 Å². The van der Waals surface area contributed by atoms with Crippen LogP contribution in [0.15, 0.2) is 16.1 Å². The number of hydrogen-bond donors (Lipinski definition) is 1. The number of hydrogen-bond acceptors (Lipinski definition) is 9. The first-order valence-corrected chi connectivity index (χ1v) is 9.54. The molecule has 0 saturated carbocycles. The van der Waals surface area contributed by atoms with Gasteiger partial charge in [0.15, 0.2) is 23.2 Å². The van der Waals surface area contributed by atoms with E-state index in [-0.39, 0.29) is 30.4 Å². The number of aliphatic hydroxyl groups excluding tert-OH is 1. The van der Waals surface area contributed by atoms with Gasteiger partial charge in [0.05, 0.1) is 19.3 Å². The van der Waals surface area contributed by atoms with Gasteiger partial charge in [-0.15, -0.1) is 0 Å². The summed E-state index contributed by atoms with van der Waals surface area (Å²) >= 11 is 0. The molecule has 4 heterocycles. The maximum Gasteiger partial charge on any atom is 0.285 e. The van der Waals surface area contributed by atoms with Crippen molar-refractivity contribution in [1.29, 1.82) is 0 Å². The predicted molar refractivity (Wildman–Crippen MR) is 105 cm³/mol. The smallest absolute Gasteiger partial charge is 0.285 e. The van der Waals surface area contributed by atoms with Crippen LogP contribution >= 0.6 is 0 Å². The SMILES string of the molecule is COCn1c(/N=C/N(C)C)nc2c(ncn2[C@@H]2O[C@H](CO)[C@H]3OC(C)(C)O[C@H]32)c1=O. The number of fused-ring (bicyclic) bond motifs is 2. The van der Waals surface area contributed by atoms with Crippen LogP contribution in [0, 0.1) is 0 Å². The second kappa shape index (κ2) is 7.71. The van der Waals surface area contributed by atoms with Crippen LogP contribution in [0.4, 0.5) is 5.95 Å². The summed E-state index contributed by atoms with van der Waals surface area (Å²) in [6.07, 6.45) is 0.834. The molecule has 4 rings (SSSR count). The molecular weight excluding hydrogens is 396 g/mol. The molecular formula is C18H26N6O6. The molecule has 4 atom stereocenters. The number of aliphatic hydroxyl groups is 1. The fourth-order valence-corrected chi connectivity index (χ4v) is 3.72. The van der Waals surface area contributed by atoms with E-state index in [0.29, 0.717) is 5.65 Å². The van der Waals surface area contributed by atoms with E-state index in [2.05, 4.69) is 15.0 Å². The van der Waals surface area contributed by atoms with Crippen molar-refractivity contribution in [3.05, 3.63) is 16.7 Å². The van der Waals surface area contributed by atoms with E-state index in [1.54, 1.807) is 29.7 Å². The van der Waals surface area contributed by atoms with Gasteiger partial charge < -0.3 is 29.0 Å². The molecule has 2 aliphatic rings. The summed E-state index contributed by atoms with van der Waals surface area (Å²) in [5, 5.41) is 9.73.